The SMILES string of the molecule is CC(=O)C1=C(O)C(=O)N(c2ccc3nc[nH]c3c2)C1c1cc(F)cc(F)c1F. The lowest BCUT2D eigenvalue weighted by Gasteiger charge is -2.27. The summed E-state index contributed by atoms with van der Waals surface area (Å²) in [4.78, 5) is 32.6. The van der Waals surface area contributed by atoms with Gasteiger partial charge in [-0.1, -0.05) is 0 Å². The van der Waals surface area contributed by atoms with E-state index >= 15 is 0 Å². The zero-order chi connectivity index (χ0) is 20.2. The van der Waals surface area contributed by atoms with E-state index in [0.717, 1.165) is 11.8 Å². The van der Waals surface area contributed by atoms with Gasteiger partial charge in [-0.3, -0.25) is 14.5 Å². The molecule has 0 spiro atoms. The van der Waals surface area contributed by atoms with E-state index in [0.29, 0.717) is 23.2 Å². The average molecular weight is 387 g/mol. The fourth-order valence-electron chi connectivity index (χ4n) is 3.37. The van der Waals surface area contributed by atoms with Crippen LogP contribution < -0.4 is 4.90 Å². The second-order valence-electron chi connectivity index (χ2n) is 6.29. The number of rotatable bonds is 3. The number of hydrogen-bond donors (Lipinski definition) is 2. The average Bonchev–Trinajstić information content (AvgIpc) is 3.20. The van der Waals surface area contributed by atoms with Gasteiger partial charge in [0.15, 0.2) is 23.2 Å². The third-order valence-corrected chi connectivity index (χ3v) is 4.59. The van der Waals surface area contributed by atoms with Crippen LogP contribution in [0.4, 0.5) is 18.9 Å². The summed E-state index contributed by atoms with van der Waals surface area (Å²) in [6.45, 7) is 1.07. The molecule has 3 aromatic rings. The Bertz CT molecular complexity index is 1190. The first-order valence-corrected chi connectivity index (χ1v) is 8.14. The highest BCUT2D eigenvalue weighted by Crippen LogP contribution is 2.42. The van der Waals surface area contributed by atoms with Crippen LogP contribution in [0.5, 0.6) is 0 Å². The van der Waals surface area contributed by atoms with E-state index in [1.165, 1.54) is 18.5 Å². The number of anilines is 1. The van der Waals surface area contributed by atoms with Crippen molar-refractivity contribution in [2.45, 2.75) is 13.0 Å². The Balaban J connectivity index is 1.97. The van der Waals surface area contributed by atoms with E-state index < -0.39 is 52.1 Å². The van der Waals surface area contributed by atoms with E-state index in [4.69, 9.17) is 0 Å². The molecule has 28 heavy (non-hydrogen) atoms. The molecule has 1 aliphatic rings. The summed E-state index contributed by atoms with van der Waals surface area (Å²) >= 11 is 0. The molecule has 4 rings (SSSR count). The molecule has 0 saturated carbocycles. The molecular formula is C19H12F3N3O3. The topological polar surface area (TPSA) is 86.3 Å². The summed E-state index contributed by atoms with van der Waals surface area (Å²) in [5.41, 5.74) is 0.270. The van der Waals surface area contributed by atoms with Gasteiger partial charge < -0.3 is 10.1 Å². The second kappa shape index (κ2) is 6.22. The first kappa shape index (κ1) is 17.8. The van der Waals surface area contributed by atoms with Gasteiger partial charge in [0.25, 0.3) is 5.91 Å². The standard InChI is InChI=1S/C19H12F3N3O3/c1-8(26)15-17(11-4-9(20)5-12(21)16(11)22)25(19(28)18(15)27)10-2-3-13-14(6-10)24-7-23-13/h2-7,17,27H,1H3,(H,23,24). The van der Waals surface area contributed by atoms with Gasteiger partial charge >= 0.3 is 0 Å². The molecule has 0 aliphatic carbocycles. The van der Waals surface area contributed by atoms with Crippen LogP contribution in [0.15, 0.2) is 48.0 Å². The van der Waals surface area contributed by atoms with Crippen molar-refractivity contribution >= 4 is 28.4 Å². The van der Waals surface area contributed by atoms with E-state index in [9.17, 15) is 27.9 Å². The predicted octanol–water partition coefficient (Wildman–Crippen LogP) is 3.47. The Morgan fingerprint density at radius 3 is 2.68 bits per heavy atom. The number of carbonyl (C=O) groups is 2. The van der Waals surface area contributed by atoms with Crippen LogP contribution >= 0.6 is 0 Å². The quantitative estimate of drug-likeness (QED) is 0.674. The van der Waals surface area contributed by atoms with Gasteiger partial charge in [0.2, 0.25) is 0 Å². The van der Waals surface area contributed by atoms with Crippen LogP contribution in [0, 0.1) is 17.5 Å². The lowest BCUT2D eigenvalue weighted by atomic mass is 9.95. The number of hydrogen-bond acceptors (Lipinski definition) is 4. The molecule has 9 heteroatoms. The molecule has 0 fully saturated rings. The van der Waals surface area contributed by atoms with Gasteiger partial charge in [-0.15, -0.1) is 0 Å². The molecule has 1 atom stereocenters. The van der Waals surface area contributed by atoms with Crippen molar-refractivity contribution in [3.8, 4) is 0 Å². The Labute approximate surface area is 155 Å². The number of amides is 1. The molecule has 2 aromatic carbocycles. The minimum atomic E-state index is -1.53. The normalized spacial score (nSPS) is 17.1. The lowest BCUT2D eigenvalue weighted by Crippen LogP contribution is -2.31. The maximum atomic E-state index is 14.5. The van der Waals surface area contributed by atoms with Gasteiger partial charge in [0.1, 0.15) is 5.82 Å². The van der Waals surface area contributed by atoms with E-state index in [1.54, 1.807) is 6.07 Å². The number of H-pyrrole nitrogens is 1. The number of aromatic nitrogens is 2. The number of aromatic amines is 1. The largest absolute Gasteiger partial charge is 0.503 e. The predicted molar refractivity (Wildman–Crippen MR) is 93.0 cm³/mol. The minimum Gasteiger partial charge on any atom is -0.503 e. The number of benzene rings is 2. The third-order valence-electron chi connectivity index (χ3n) is 4.59. The lowest BCUT2D eigenvalue weighted by molar-refractivity contribution is -0.117. The van der Waals surface area contributed by atoms with E-state index in [-0.39, 0.29) is 5.69 Å². The Morgan fingerprint density at radius 1 is 1.21 bits per heavy atom. The summed E-state index contributed by atoms with van der Waals surface area (Å²) in [5.74, 6) is -6.59. The molecule has 2 N–H and O–H groups in total. The number of nitrogens with zero attached hydrogens (tertiary/aromatic N) is 2. The Morgan fingerprint density at radius 2 is 1.96 bits per heavy atom. The van der Waals surface area contributed by atoms with Crippen LogP contribution in [0.1, 0.15) is 18.5 Å². The molecule has 0 saturated heterocycles. The summed E-state index contributed by atoms with van der Waals surface area (Å²) in [6.07, 6.45) is 1.43. The molecule has 0 radical (unpaired) electrons. The summed E-state index contributed by atoms with van der Waals surface area (Å²) in [6, 6.07) is 4.05. The maximum absolute atomic E-state index is 14.5. The van der Waals surface area contributed by atoms with Gasteiger partial charge in [0, 0.05) is 17.3 Å². The highest BCUT2D eigenvalue weighted by atomic mass is 19.2. The van der Waals surface area contributed by atoms with E-state index in [1.807, 2.05) is 0 Å². The summed E-state index contributed by atoms with van der Waals surface area (Å²) in [7, 11) is 0. The monoisotopic (exact) mass is 387 g/mol. The number of imidazole rings is 1. The molecule has 1 amide bonds. The van der Waals surface area contributed by atoms with Crippen molar-refractivity contribution in [3.63, 3.8) is 0 Å². The van der Waals surface area contributed by atoms with E-state index in [2.05, 4.69) is 9.97 Å². The van der Waals surface area contributed by atoms with Crippen LogP contribution in [0.3, 0.4) is 0 Å². The highest BCUT2D eigenvalue weighted by molar-refractivity contribution is 6.16. The fraction of sp³-hybridized carbons (Fsp3) is 0.105. The molecule has 1 unspecified atom stereocenters. The first-order chi connectivity index (χ1) is 13.3. The summed E-state index contributed by atoms with van der Waals surface area (Å²) < 4.78 is 42.1. The van der Waals surface area contributed by atoms with Gasteiger partial charge in [-0.25, -0.2) is 18.2 Å². The molecule has 1 aromatic heterocycles. The number of ketones is 1. The number of aliphatic hydroxyl groups excluding tert-OH is 1. The van der Waals surface area contributed by atoms with Gasteiger partial charge in [-0.2, -0.15) is 0 Å². The number of carbonyl (C=O) groups excluding carboxylic acids is 2. The molecule has 6 nitrogen and oxygen atoms in total. The molecule has 1 aliphatic heterocycles. The van der Waals surface area contributed by atoms with Crippen LogP contribution in [0.25, 0.3) is 11.0 Å². The van der Waals surface area contributed by atoms with Crippen molar-refractivity contribution in [2.75, 3.05) is 4.90 Å². The molecular weight excluding hydrogens is 375 g/mol. The number of nitrogens with one attached hydrogen (secondary N) is 1. The maximum Gasteiger partial charge on any atom is 0.294 e. The second-order valence-corrected chi connectivity index (χ2v) is 6.29. The van der Waals surface area contributed by atoms with Crippen molar-refractivity contribution in [1.82, 2.24) is 9.97 Å². The number of halogens is 3. The van der Waals surface area contributed by atoms with Gasteiger partial charge in [0.05, 0.1) is 29.0 Å². The molecule has 0 bridgehead atoms. The van der Waals surface area contributed by atoms with Crippen molar-refractivity contribution < 1.29 is 27.9 Å². The fourth-order valence-corrected chi connectivity index (χ4v) is 3.37. The molecule has 142 valence electrons. The zero-order valence-electron chi connectivity index (χ0n) is 14.3. The smallest absolute Gasteiger partial charge is 0.294 e. The van der Waals surface area contributed by atoms with Crippen molar-refractivity contribution in [1.29, 1.82) is 0 Å². The minimum absolute atomic E-state index is 0.179. The van der Waals surface area contributed by atoms with Gasteiger partial charge in [-0.05, 0) is 31.2 Å². The number of fused-ring (bicyclic) bond motifs is 1. The Hall–Kier alpha value is -3.62. The number of aliphatic hydroxyl groups is 1. The van der Waals surface area contributed by atoms with Crippen molar-refractivity contribution in [2.24, 2.45) is 0 Å². The van der Waals surface area contributed by atoms with Crippen LogP contribution in [-0.4, -0.2) is 26.8 Å². The first-order valence-electron chi connectivity index (χ1n) is 8.14. The summed E-state index contributed by atoms with van der Waals surface area (Å²) in [5, 5.41) is 10.2. The van der Waals surface area contributed by atoms with Crippen LogP contribution in [0.2, 0.25) is 0 Å². The van der Waals surface area contributed by atoms with Crippen molar-refractivity contribution in [3.05, 3.63) is 71.0 Å². The van der Waals surface area contributed by atoms with Crippen LogP contribution in [-0.2, 0) is 9.59 Å². The zero-order valence-corrected chi connectivity index (χ0v) is 14.3. The highest BCUT2D eigenvalue weighted by Gasteiger charge is 2.45. The third kappa shape index (κ3) is 2.55. The number of Topliss-reactive ketones (excluding diaryl/α,β-unsaturated/α-hetero) is 1. The molecule has 2 heterocycles. The Kier molecular flexibility index (Phi) is 3.95.